The van der Waals surface area contributed by atoms with Gasteiger partial charge < -0.3 is 9.13 Å². The van der Waals surface area contributed by atoms with Crippen LogP contribution in [0.15, 0.2) is 219 Å². The Morgan fingerprint density at radius 1 is 0.314 bits per heavy atom. The van der Waals surface area contributed by atoms with Crippen LogP contribution in [-0.4, -0.2) is 47.0 Å². The summed E-state index contributed by atoms with van der Waals surface area (Å²) < 4.78 is 13.8. The monoisotopic (exact) mass is 896 g/mol. The summed E-state index contributed by atoms with van der Waals surface area (Å²) in [5.41, 5.74) is 18.9. The van der Waals surface area contributed by atoms with E-state index < -0.39 is 0 Å². The van der Waals surface area contributed by atoms with E-state index in [0.717, 1.165) is 106 Å². The highest BCUT2D eigenvalue weighted by Gasteiger charge is 2.25. The van der Waals surface area contributed by atoms with Crippen molar-refractivity contribution in [3.63, 3.8) is 0 Å². The molecule has 10 heteroatoms. The molecule has 0 saturated heterocycles. The summed E-state index contributed by atoms with van der Waals surface area (Å²) in [5, 5.41) is 6.96. The van der Waals surface area contributed by atoms with Gasteiger partial charge in [-0.2, -0.15) is 0 Å². The number of hydrogen-bond acceptors (Lipinski definition) is 4. The molecule has 16 aromatic rings. The van der Waals surface area contributed by atoms with E-state index in [1.54, 1.807) is 0 Å². The fourth-order valence-corrected chi connectivity index (χ4v) is 11.6. The number of rotatable bonds is 5. The number of nitrogens with zero attached hydrogens (tertiary/aromatic N) is 10. The minimum absolute atomic E-state index is 0.796. The first-order valence-corrected chi connectivity index (χ1v) is 23.5. The molecule has 0 fully saturated rings. The first-order valence-electron chi connectivity index (χ1n) is 23.5. The van der Waals surface area contributed by atoms with Crippen LogP contribution in [0.4, 0.5) is 0 Å². The lowest BCUT2D eigenvalue weighted by molar-refractivity contribution is 1.07. The van der Waals surface area contributed by atoms with Crippen LogP contribution in [0.1, 0.15) is 0 Å². The lowest BCUT2D eigenvalue weighted by Crippen LogP contribution is -1.99. The summed E-state index contributed by atoms with van der Waals surface area (Å²) in [7, 11) is 0. The molecule has 0 radical (unpaired) electrons. The predicted octanol–water partition coefficient (Wildman–Crippen LogP) is 13.8. The molecule has 0 unspecified atom stereocenters. The van der Waals surface area contributed by atoms with Crippen molar-refractivity contribution in [3.05, 3.63) is 219 Å². The van der Waals surface area contributed by atoms with Gasteiger partial charge in [-0.15, -0.1) is 0 Å². The topological polar surface area (TPSA) is 80.1 Å². The Bertz CT molecular complexity index is 4820. The third-order valence-corrected chi connectivity index (χ3v) is 14.4. The Morgan fingerprint density at radius 3 is 1.50 bits per heavy atom. The molecule has 326 valence electrons. The number of fused-ring (bicyclic) bond motifs is 16. The number of para-hydroxylation sites is 4. The van der Waals surface area contributed by atoms with Gasteiger partial charge in [-0.05, 0) is 96.1 Å². The van der Waals surface area contributed by atoms with Crippen LogP contribution >= 0.6 is 0 Å². The quantitative estimate of drug-likeness (QED) is 0.172. The zero-order chi connectivity index (χ0) is 45.6. The molecule has 8 heterocycles. The zero-order valence-corrected chi connectivity index (χ0v) is 37.3. The zero-order valence-electron chi connectivity index (χ0n) is 37.3. The molecule has 8 aromatic carbocycles. The average molecular weight is 897 g/mol. The van der Waals surface area contributed by atoms with E-state index in [4.69, 9.17) is 9.97 Å². The number of hydrogen-bond donors (Lipinski definition) is 0. The molecule has 0 aliphatic carbocycles. The van der Waals surface area contributed by atoms with E-state index in [9.17, 15) is 0 Å². The predicted molar refractivity (Wildman–Crippen MR) is 282 cm³/mol. The largest absolute Gasteiger partial charge is 0.309 e. The summed E-state index contributed by atoms with van der Waals surface area (Å²) in [6.45, 7) is 0. The van der Waals surface area contributed by atoms with Gasteiger partial charge in [0.2, 0.25) is 0 Å². The number of benzene rings is 8. The fraction of sp³-hybridized carbons (Fsp3) is 0. The maximum atomic E-state index is 5.37. The second kappa shape index (κ2) is 13.9. The minimum Gasteiger partial charge on any atom is -0.309 e. The van der Waals surface area contributed by atoms with Crippen molar-refractivity contribution in [2.75, 3.05) is 0 Å². The van der Waals surface area contributed by atoms with Crippen LogP contribution in [-0.2, 0) is 0 Å². The van der Waals surface area contributed by atoms with Gasteiger partial charge >= 0.3 is 0 Å². The van der Waals surface area contributed by atoms with Crippen LogP contribution in [0.5, 0.6) is 0 Å². The highest BCUT2D eigenvalue weighted by Crippen LogP contribution is 2.45. The summed E-state index contributed by atoms with van der Waals surface area (Å²) >= 11 is 0. The van der Waals surface area contributed by atoms with Gasteiger partial charge in [0.15, 0.2) is 22.6 Å². The van der Waals surface area contributed by atoms with E-state index in [0.29, 0.717) is 0 Å². The van der Waals surface area contributed by atoms with Gasteiger partial charge in [-0.3, -0.25) is 27.9 Å². The molecule has 10 nitrogen and oxygen atoms in total. The van der Waals surface area contributed by atoms with Crippen LogP contribution in [0.25, 0.3) is 133 Å². The molecular weight excluding hydrogens is 861 g/mol. The van der Waals surface area contributed by atoms with Crippen molar-refractivity contribution >= 4 is 99.0 Å². The van der Waals surface area contributed by atoms with Gasteiger partial charge in [0.05, 0.1) is 45.5 Å². The Balaban J connectivity index is 0.912. The van der Waals surface area contributed by atoms with E-state index in [2.05, 4.69) is 219 Å². The third-order valence-electron chi connectivity index (χ3n) is 14.4. The average Bonchev–Trinajstić information content (AvgIpc) is 4.27. The van der Waals surface area contributed by atoms with Gasteiger partial charge in [0, 0.05) is 79.9 Å². The molecule has 0 amide bonds. The van der Waals surface area contributed by atoms with E-state index in [-0.39, 0.29) is 0 Å². The molecule has 0 spiro atoms. The minimum atomic E-state index is 0.796. The van der Waals surface area contributed by atoms with Crippen molar-refractivity contribution in [3.8, 4) is 33.9 Å². The normalized spacial score (nSPS) is 12.3. The second-order valence-corrected chi connectivity index (χ2v) is 18.0. The SMILES string of the molecule is c1ccc(-n2c3ccccc3c3cc(-n4c5cccc(-c6cccc7c6c6ccccc6n7-c6ccc(-n7c8ccccc8c8nc9cnccn9c87)cc6)c5c5nc6cnccn6c54)ccc32)cc1. The van der Waals surface area contributed by atoms with Crippen molar-refractivity contribution in [1.29, 1.82) is 0 Å². The Morgan fingerprint density at radius 2 is 0.786 bits per heavy atom. The third kappa shape index (κ3) is 4.95. The van der Waals surface area contributed by atoms with E-state index in [1.165, 1.54) is 27.1 Å². The number of imidazole rings is 2. The van der Waals surface area contributed by atoms with E-state index >= 15 is 0 Å². The first-order chi connectivity index (χ1) is 34.8. The maximum Gasteiger partial charge on any atom is 0.157 e. The first kappa shape index (κ1) is 37.3. The highest BCUT2D eigenvalue weighted by atomic mass is 15.2. The summed E-state index contributed by atoms with van der Waals surface area (Å²) in [6.07, 6.45) is 11.3. The Hall–Kier alpha value is -9.80. The smallest absolute Gasteiger partial charge is 0.157 e. The lowest BCUT2D eigenvalue weighted by Gasteiger charge is -2.12. The second-order valence-electron chi connectivity index (χ2n) is 18.0. The molecule has 0 bridgehead atoms. The van der Waals surface area contributed by atoms with E-state index in [1.807, 2.05) is 37.2 Å². The van der Waals surface area contributed by atoms with Crippen molar-refractivity contribution in [1.82, 2.24) is 47.0 Å². The van der Waals surface area contributed by atoms with Crippen LogP contribution in [0, 0.1) is 0 Å². The molecule has 0 N–H and O–H groups in total. The van der Waals surface area contributed by atoms with Crippen molar-refractivity contribution in [2.24, 2.45) is 0 Å². The highest BCUT2D eigenvalue weighted by molar-refractivity contribution is 6.22. The van der Waals surface area contributed by atoms with Crippen LogP contribution < -0.4 is 0 Å². The summed E-state index contributed by atoms with van der Waals surface area (Å²) in [6, 6.07) is 65.8. The standard InChI is InChI=1S/C60H36N10/c1-2-12-37(13-3-1)67-47-19-7-4-14-41(47)46-34-40(28-29-50(46)67)70-52-23-11-18-43(56(52)58-60(70)66-33-31-62-36-54(66)64-58)42-17-10-22-51-55(42)44-15-5-8-20-48(44)68(51)38-24-26-39(27-25-38)69-49-21-9-6-16-45(49)57-59(69)65-32-30-61-35-53(65)63-57/h1-36H. The van der Waals surface area contributed by atoms with Crippen LogP contribution in [0.2, 0.25) is 0 Å². The fourth-order valence-electron chi connectivity index (χ4n) is 11.6. The molecule has 0 aliphatic rings. The van der Waals surface area contributed by atoms with Crippen molar-refractivity contribution in [2.45, 2.75) is 0 Å². The molecule has 0 aliphatic heterocycles. The molecule has 0 atom stereocenters. The van der Waals surface area contributed by atoms with Gasteiger partial charge in [0.25, 0.3) is 0 Å². The van der Waals surface area contributed by atoms with Gasteiger partial charge in [-0.25, -0.2) is 9.97 Å². The van der Waals surface area contributed by atoms with Gasteiger partial charge in [0.1, 0.15) is 11.0 Å². The lowest BCUT2D eigenvalue weighted by atomic mass is 9.96. The molecule has 8 aromatic heterocycles. The van der Waals surface area contributed by atoms with Gasteiger partial charge in [-0.1, -0.05) is 97.1 Å². The van der Waals surface area contributed by atoms with Crippen LogP contribution in [0.3, 0.4) is 0 Å². The Kier molecular flexibility index (Phi) is 7.40. The molecule has 70 heavy (non-hydrogen) atoms. The molecule has 0 saturated carbocycles. The van der Waals surface area contributed by atoms with Crippen molar-refractivity contribution < 1.29 is 0 Å². The summed E-state index contributed by atoms with van der Waals surface area (Å²) in [4.78, 5) is 19.2. The molecular formula is C60H36N10. The summed E-state index contributed by atoms with van der Waals surface area (Å²) in [5.74, 6) is 0. The molecule has 16 rings (SSSR count). The maximum absolute atomic E-state index is 5.37. The Labute approximate surface area is 397 Å². The number of aromatic nitrogens is 10.